The average Bonchev–Trinajstić information content (AvgIpc) is 2.14. The number of benzene rings is 1. The molecule has 0 aromatic heterocycles. The van der Waals surface area contributed by atoms with E-state index in [4.69, 9.17) is 9.84 Å². The number of hydrogen-bond donors (Lipinski definition) is 2. The Morgan fingerprint density at radius 2 is 1.94 bits per heavy atom. The van der Waals surface area contributed by atoms with Crippen LogP contribution in [0, 0.1) is 0 Å². The number of nitrogens with one attached hydrogen (secondary N) is 1. The topological polar surface area (TPSA) is 75.6 Å². The van der Waals surface area contributed by atoms with E-state index in [1.807, 2.05) is 0 Å². The Hall–Kier alpha value is -2.04. The van der Waals surface area contributed by atoms with Gasteiger partial charge in [-0.05, 0) is 32.9 Å². The fraction of sp³-hybridized carbons (Fsp3) is 0.333. The minimum atomic E-state index is -1.10. The number of ether oxygens (including phenoxy) is 1. The lowest BCUT2D eigenvalue weighted by Crippen LogP contribution is -2.27. The number of hydrogen-bond acceptors (Lipinski definition) is 3. The van der Waals surface area contributed by atoms with Crippen LogP contribution in [-0.2, 0) is 4.74 Å². The highest BCUT2D eigenvalue weighted by Crippen LogP contribution is 2.16. The summed E-state index contributed by atoms with van der Waals surface area (Å²) in [5.74, 6) is -1.10. The minimum Gasteiger partial charge on any atom is -0.478 e. The summed E-state index contributed by atoms with van der Waals surface area (Å²) in [5, 5.41) is 11.3. The van der Waals surface area contributed by atoms with Crippen LogP contribution in [0.25, 0.3) is 0 Å². The molecule has 1 aromatic rings. The molecule has 0 spiro atoms. The third kappa shape index (κ3) is 4.14. The number of para-hydroxylation sites is 1. The molecule has 0 fully saturated rings. The van der Waals surface area contributed by atoms with E-state index in [-0.39, 0.29) is 11.3 Å². The van der Waals surface area contributed by atoms with E-state index in [1.165, 1.54) is 12.1 Å². The van der Waals surface area contributed by atoms with E-state index < -0.39 is 17.7 Å². The van der Waals surface area contributed by atoms with Crippen LogP contribution in [-0.4, -0.2) is 22.8 Å². The molecular weight excluding hydrogens is 224 g/mol. The van der Waals surface area contributed by atoms with Gasteiger partial charge in [-0.3, -0.25) is 5.32 Å². The molecule has 1 rings (SSSR count). The summed E-state index contributed by atoms with van der Waals surface area (Å²) in [6.45, 7) is 5.20. The minimum absolute atomic E-state index is 0.0263. The van der Waals surface area contributed by atoms with Gasteiger partial charge >= 0.3 is 12.1 Å². The van der Waals surface area contributed by atoms with Crippen LogP contribution in [0.2, 0.25) is 0 Å². The normalized spacial score (nSPS) is 10.8. The lowest BCUT2D eigenvalue weighted by atomic mass is 10.2. The van der Waals surface area contributed by atoms with Crippen molar-refractivity contribution in [2.45, 2.75) is 26.4 Å². The van der Waals surface area contributed by atoms with Crippen molar-refractivity contribution in [3.8, 4) is 0 Å². The molecule has 1 aromatic carbocycles. The summed E-state index contributed by atoms with van der Waals surface area (Å²) in [6, 6.07) is 6.14. The maximum atomic E-state index is 11.5. The number of carbonyl (C=O) groups excluding carboxylic acids is 1. The molecular formula is C12H15NO4. The highest BCUT2D eigenvalue weighted by atomic mass is 16.6. The van der Waals surface area contributed by atoms with Crippen molar-refractivity contribution in [2.75, 3.05) is 5.32 Å². The third-order valence-electron chi connectivity index (χ3n) is 1.79. The average molecular weight is 239 g/mol. The highest BCUT2D eigenvalue weighted by Gasteiger charge is 2.18. The lowest BCUT2D eigenvalue weighted by Gasteiger charge is -2.20. The smallest absolute Gasteiger partial charge is 0.412 e. The zero-order valence-electron chi connectivity index (χ0n) is 9.98. The van der Waals surface area contributed by atoms with Crippen molar-refractivity contribution in [3.05, 3.63) is 29.8 Å². The fourth-order valence-electron chi connectivity index (χ4n) is 1.19. The quantitative estimate of drug-likeness (QED) is 0.832. The summed E-state index contributed by atoms with van der Waals surface area (Å²) in [6.07, 6.45) is -0.675. The summed E-state index contributed by atoms with van der Waals surface area (Å²) in [7, 11) is 0. The molecule has 0 saturated carbocycles. The van der Waals surface area contributed by atoms with Gasteiger partial charge in [-0.2, -0.15) is 0 Å². The third-order valence-corrected chi connectivity index (χ3v) is 1.79. The van der Waals surface area contributed by atoms with Crippen LogP contribution in [0.5, 0.6) is 0 Å². The van der Waals surface area contributed by atoms with Gasteiger partial charge < -0.3 is 9.84 Å². The molecule has 0 saturated heterocycles. The summed E-state index contributed by atoms with van der Waals surface area (Å²) in [5.41, 5.74) is -0.380. The van der Waals surface area contributed by atoms with Crippen LogP contribution in [0.3, 0.4) is 0 Å². The Kier molecular flexibility index (Phi) is 3.73. The van der Waals surface area contributed by atoms with E-state index in [0.29, 0.717) is 0 Å². The van der Waals surface area contributed by atoms with Crippen molar-refractivity contribution >= 4 is 17.7 Å². The van der Waals surface area contributed by atoms with Crippen LogP contribution >= 0.6 is 0 Å². The molecule has 0 bridgehead atoms. The Morgan fingerprint density at radius 1 is 1.35 bits per heavy atom. The standard InChI is InChI=1S/C12H15NO4/c1-12(2,3)17-11(16)13-9-7-5-4-6-8(9)10(14)15/h4-7H,1-3H3,(H,13,16)(H,14,15)/i10+2. The number of anilines is 1. The Bertz CT molecular complexity index is 434. The number of carboxylic acid groups (broad SMARTS) is 1. The van der Waals surface area contributed by atoms with Crippen LogP contribution < -0.4 is 5.32 Å². The largest absolute Gasteiger partial charge is 0.478 e. The molecule has 0 aliphatic carbocycles. The molecule has 0 aliphatic rings. The van der Waals surface area contributed by atoms with Gasteiger partial charge in [0.1, 0.15) is 5.60 Å². The van der Waals surface area contributed by atoms with E-state index in [2.05, 4.69) is 5.32 Å². The monoisotopic (exact) mass is 239 g/mol. The molecule has 1 amide bonds. The number of aromatic carboxylic acids is 1. The molecule has 0 heterocycles. The van der Waals surface area contributed by atoms with Gasteiger partial charge in [-0.1, -0.05) is 12.1 Å². The molecule has 2 N–H and O–H groups in total. The number of amides is 1. The zero-order valence-corrected chi connectivity index (χ0v) is 9.98. The van der Waals surface area contributed by atoms with Gasteiger partial charge in [0.25, 0.3) is 0 Å². The maximum absolute atomic E-state index is 11.5. The molecule has 5 nitrogen and oxygen atoms in total. The van der Waals surface area contributed by atoms with E-state index >= 15 is 0 Å². The Labute approximate surface area is 99.4 Å². The van der Waals surface area contributed by atoms with Crippen LogP contribution in [0.1, 0.15) is 31.1 Å². The SMILES string of the molecule is CC(C)(C)OC(=O)Nc1ccccc1[14C](=O)O. The second-order valence-electron chi connectivity index (χ2n) is 4.48. The molecule has 92 valence electrons. The van der Waals surface area contributed by atoms with Crippen molar-refractivity contribution in [1.82, 2.24) is 0 Å². The summed E-state index contributed by atoms with van der Waals surface area (Å²) >= 11 is 0. The number of carboxylic acids is 1. The fourth-order valence-corrected chi connectivity index (χ4v) is 1.19. The first-order valence-electron chi connectivity index (χ1n) is 5.12. The van der Waals surface area contributed by atoms with Crippen molar-refractivity contribution in [2.24, 2.45) is 0 Å². The van der Waals surface area contributed by atoms with Crippen LogP contribution in [0.4, 0.5) is 10.5 Å². The Balaban J connectivity index is 2.82. The second-order valence-corrected chi connectivity index (χ2v) is 4.48. The van der Waals surface area contributed by atoms with E-state index in [9.17, 15) is 9.59 Å². The van der Waals surface area contributed by atoms with Crippen LogP contribution in [0.15, 0.2) is 24.3 Å². The highest BCUT2D eigenvalue weighted by molar-refractivity contribution is 5.98. The van der Waals surface area contributed by atoms with Crippen molar-refractivity contribution in [1.29, 1.82) is 0 Å². The number of carbonyl (C=O) groups is 2. The predicted molar refractivity (Wildman–Crippen MR) is 63.3 cm³/mol. The molecule has 0 unspecified atom stereocenters. The maximum Gasteiger partial charge on any atom is 0.412 e. The summed E-state index contributed by atoms with van der Waals surface area (Å²) < 4.78 is 5.03. The van der Waals surface area contributed by atoms with Gasteiger partial charge in [0, 0.05) is 0 Å². The van der Waals surface area contributed by atoms with Gasteiger partial charge in [0.15, 0.2) is 0 Å². The molecule has 5 heteroatoms. The van der Waals surface area contributed by atoms with Gasteiger partial charge in [-0.25, -0.2) is 9.59 Å². The number of rotatable bonds is 2. The van der Waals surface area contributed by atoms with Gasteiger partial charge in [-0.15, -0.1) is 0 Å². The van der Waals surface area contributed by atoms with Crippen molar-refractivity contribution in [3.63, 3.8) is 0 Å². The predicted octanol–water partition coefficient (Wildman–Crippen LogP) is 2.73. The second kappa shape index (κ2) is 4.86. The molecule has 0 radical (unpaired) electrons. The lowest BCUT2D eigenvalue weighted by molar-refractivity contribution is 0.0636. The van der Waals surface area contributed by atoms with E-state index in [0.717, 1.165) is 0 Å². The first-order valence-corrected chi connectivity index (χ1v) is 5.12. The first-order chi connectivity index (χ1) is 7.79. The molecule has 0 atom stereocenters. The van der Waals surface area contributed by atoms with Crippen molar-refractivity contribution < 1.29 is 19.4 Å². The van der Waals surface area contributed by atoms with E-state index in [1.54, 1.807) is 32.9 Å². The summed E-state index contributed by atoms with van der Waals surface area (Å²) in [4.78, 5) is 22.4. The Morgan fingerprint density at radius 3 is 2.47 bits per heavy atom. The molecule has 0 aliphatic heterocycles. The van der Waals surface area contributed by atoms with Gasteiger partial charge in [0.05, 0.1) is 11.3 Å². The first kappa shape index (κ1) is 13.0. The zero-order chi connectivity index (χ0) is 13.1. The van der Waals surface area contributed by atoms with Gasteiger partial charge in [0.2, 0.25) is 0 Å². The molecule has 17 heavy (non-hydrogen) atoms.